The van der Waals surface area contributed by atoms with Crippen LogP contribution in [-0.2, 0) is 6.54 Å². The fraction of sp³-hybridized carbons (Fsp3) is 0.400. The molecule has 2 aliphatic rings. The molecule has 3 amide bonds. The Labute approximate surface area is 158 Å². The number of pyridine rings is 2. The van der Waals surface area contributed by atoms with Crippen molar-refractivity contribution in [1.29, 1.82) is 0 Å². The van der Waals surface area contributed by atoms with Crippen LogP contribution in [0, 0.1) is 0 Å². The van der Waals surface area contributed by atoms with Gasteiger partial charge in [0, 0.05) is 49.8 Å². The highest BCUT2D eigenvalue weighted by Crippen LogP contribution is 2.28. The number of carbonyl (C=O) groups excluding carboxylic acids is 2. The lowest BCUT2D eigenvalue weighted by Gasteiger charge is -2.23. The van der Waals surface area contributed by atoms with E-state index < -0.39 is 0 Å². The third kappa shape index (κ3) is 3.77. The van der Waals surface area contributed by atoms with Crippen LogP contribution in [0.5, 0.6) is 0 Å². The molecule has 4 rings (SSSR count). The zero-order chi connectivity index (χ0) is 18.6. The van der Waals surface area contributed by atoms with Crippen molar-refractivity contribution in [3.05, 3.63) is 54.0 Å². The van der Waals surface area contributed by atoms with Crippen molar-refractivity contribution >= 4 is 17.8 Å². The van der Waals surface area contributed by atoms with Crippen LogP contribution in [0.3, 0.4) is 0 Å². The Balaban J connectivity index is 1.35. The number of anilines is 1. The maximum Gasteiger partial charge on any atom is 0.326 e. The van der Waals surface area contributed by atoms with E-state index in [-0.39, 0.29) is 11.9 Å². The van der Waals surface area contributed by atoms with Crippen LogP contribution in [0.1, 0.15) is 41.6 Å². The molecule has 1 N–H and O–H groups in total. The Morgan fingerprint density at radius 3 is 2.59 bits per heavy atom. The lowest BCUT2D eigenvalue weighted by molar-refractivity contribution is 0.0950. The van der Waals surface area contributed by atoms with Crippen molar-refractivity contribution in [2.45, 2.75) is 38.3 Å². The van der Waals surface area contributed by atoms with E-state index in [9.17, 15) is 9.59 Å². The third-order valence-electron chi connectivity index (χ3n) is 5.29. The number of aromatic nitrogens is 2. The van der Waals surface area contributed by atoms with Crippen molar-refractivity contribution in [2.24, 2.45) is 0 Å². The molecular formula is C20H23N5O2. The smallest absolute Gasteiger partial charge is 0.326 e. The van der Waals surface area contributed by atoms with Gasteiger partial charge in [-0.05, 0) is 36.6 Å². The molecule has 1 aliphatic carbocycles. The molecule has 3 heterocycles. The van der Waals surface area contributed by atoms with Crippen molar-refractivity contribution in [3.63, 3.8) is 0 Å². The number of nitrogens with zero attached hydrogens (tertiary/aromatic N) is 4. The van der Waals surface area contributed by atoms with Crippen molar-refractivity contribution in [2.75, 3.05) is 18.0 Å². The predicted octanol–water partition coefficient (Wildman–Crippen LogP) is 2.59. The summed E-state index contributed by atoms with van der Waals surface area (Å²) in [5, 5.41) is 2.86. The van der Waals surface area contributed by atoms with E-state index in [1.54, 1.807) is 35.6 Å². The van der Waals surface area contributed by atoms with Crippen molar-refractivity contribution in [1.82, 2.24) is 20.2 Å². The van der Waals surface area contributed by atoms with Crippen LogP contribution in [0.4, 0.5) is 10.6 Å². The molecule has 0 radical (unpaired) electrons. The summed E-state index contributed by atoms with van der Waals surface area (Å²) in [4.78, 5) is 36.9. The number of urea groups is 1. The molecule has 2 fully saturated rings. The molecule has 140 valence electrons. The first-order chi connectivity index (χ1) is 13.2. The summed E-state index contributed by atoms with van der Waals surface area (Å²) >= 11 is 0. The maximum atomic E-state index is 12.7. The lowest BCUT2D eigenvalue weighted by atomic mass is 10.2. The molecule has 7 heteroatoms. The first-order valence-corrected chi connectivity index (χ1v) is 9.43. The number of hydrogen-bond acceptors (Lipinski definition) is 4. The average Bonchev–Trinajstić information content (AvgIpc) is 3.37. The van der Waals surface area contributed by atoms with Crippen molar-refractivity contribution in [3.8, 4) is 0 Å². The fourth-order valence-corrected chi connectivity index (χ4v) is 3.79. The van der Waals surface area contributed by atoms with Gasteiger partial charge in [-0.2, -0.15) is 0 Å². The van der Waals surface area contributed by atoms with E-state index in [0.717, 1.165) is 24.9 Å². The number of carbonyl (C=O) groups is 2. The minimum Gasteiger partial charge on any atom is -0.348 e. The first-order valence-electron chi connectivity index (χ1n) is 9.43. The van der Waals surface area contributed by atoms with Gasteiger partial charge in [0.25, 0.3) is 5.91 Å². The van der Waals surface area contributed by atoms with Crippen LogP contribution < -0.4 is 10.2 Å². The molecule has 1 saturated carbocycles. The number of nitrogens with one attached hydrogen (secondary N) is 1. The quantitative estimate of drug-likeness (QED) is 0.883. The summed E-state index contributed by atoms with van der Waals surface area (Å²) in [6.45, 7) is 1.84. The van der Waals surface area contributed by atoms with Gasteiger partial charge in [-0.1, -0.05) is 18.9 Å². The molecule has 0 bridgehead atoms. The molecule has 2 aromatic heterocycles. The number of rotatable bonds is 5. The van der Waals surface area contributed by atoms with E-state index in [1.807, 2.05) is 17.0 Å². The Morgan fingerprint density at radius 2 is 1.89 bits per heavy atom. The number of amides is 3. The minimum absolute atomic E-state index is 0.0631. The topological polar surface area (TPSA) is 78.4 Å². The summed E-state index contributed by atoms with van der Waals surface area (Å²) in [5.41, 5.74) is 1.46. The van der Waals surface area contributed by atoms with Gasteiger partial charge < -0.3 is 10.2 Å². The third-order valence-corrected chi connectivity index (χ3v) is 5.29. The molecule has 1 aliphatic heterocycles. The molecule has 0 atom stereocenters. The summed E-state index contributed by atoms with van der Waals surface area (Å²) < 4.78 is 0. The molecule has 1 saturated heterocycles. The molecule has 0 unspecified atom stereocenters. The van der Waals surface area contributed by atoms with Crippen LogP contribution in [0.25, 0.3) is 0 Å². The van der Waals surface area contributed by atoms with Gasteiger partial charge >= 0.3 is 6.03 Å². The van der Waals surface area contributed by atoms with E-state index in [2.05, 4.69) is 15.3 Å². The average molecular weight is 365 g/mol. The predicted molar refractivity (Wildman–Crippen MR) is 101 cm³/mol. The molecule has 2 aromatic rings. The first kappa shape index (κ1) is 17.5. The Bertz CT molecular complexity index is 803. The zero-order valence-corrected chi connectivity index (χ0v) is 15.2. The minimum atomic E-state index is -0.150. The standard InChI is InChI=1S/C20H23N5O2/c26-19(16-7-9-21-10-8-16)23-14-15-5-6-18(22-13-15)25-12-11-24(20(25)27)17-3-1-2-4-17/h5-10,13,17H,1-4,11-12,14H2,(H,23,26). The van der Waals surface area contributed by atoms with Gasteiger partial charge in [0.05, 0.1) is 0 Å². The highest BCUT2D eigenvalue weighted by Gasteiger charge is 2.35. The summed E-state index contributed by atoms with van der Waals surface area (Å²) in [5.74, 6) is 0.521. The molecule has 7 nitrogen and oxygen atoms in total. The Morgan fingerprint density at radius 1 is 1.11 bits per heavy atom. The van der Waals surface area contributed by atoms with E-state index >= 15 is 0 Å². The van der Waals surface area contributed by atoms with Crippen LogP contribution in [0.15, 0.2) is 42.9 Å². The lowest BCUT2D eigenvalue weighted by Crippen LogP contribution is -2.38. The van der Waals surface area contributed by atoms with Gasteiger partial charge in [0.15, 0.2) is 0 Å². The summed E-state index contributed by atoms with van der Waals surface area (Å²) in [7, 11) is 0. The van der Waals surface area contributed by atoms with E-state index in [1.165, 1.54) is 12.8 Å². The second-order valence-electron chi connectivity index (χ2n) is 7.01. The number of hydrogen-bond donors (Lipinski definition) is 1. The van der Waals surface area contributed by atoms with E-state index in [0.29, 0.717) is 30.5 Å². The Hall–Kier alpha value is -2.96. The molecule has 0 aromatic carbocycles. The SMILES string of the molecule is O=C(NCc1ccc(N2CCN(C3CCCC3)C2=O)nc1)c1ccncc1. The monoisotopic (exact) mass is 365 g/mol. The van der Waals surface area contributed by atoms with E-state index in [4.69, 9.17) is 0 Å². The van der Waals surface area contributed by atoms with Gasteiger partial charge in [-0.3, -0.25) is 14.7 Å². The highest BCUT2D eigenvalue weighted by molar-refractivity contribution is 5.94. The molecular weight excluding hydrogens is 342 g/mol. The second-order valence-corrected chi connectivity index (χ2v) is 7.01. The molecule has 0 spiro atoms. The van der Waals surface area contributed by atoms with Gasteiger partial charge in [0.2, 0.25) is 0 Å². The van der Waals surface area contributed by atoms with Gasteiger partial charge in [0.1, 0.15) is 5.82 Å². The second kappa shape index (κ2) is 7.73. The zero-order valence-electron chi connectivity index (χ0n) is 15.2. The van der Waals surface area contributed by atoms with Crippen LogP contribution >= 0.6 is 0 Å². The van der Waals surface area contributed by atoms with Crippen molar-refractivity contribution < 1.29 is 9.59 Å². The normalized spacial score (nSPS) is 17.6. The summed E-state index contributed by atoms with van der Waals surface area (Å²) in [6, 6.07) is 7.56. The van der Waals surface area contributed by atoms with Crippen LogP contribution in [0.2, 0.25) is 0 Å². The fourth-order valence-electron chi connectivity index (χ4n) is 3.79. The maximum absolute atomic E-state index is 12.7. The highest BCUT2D eigenvalue weighted by atomic mass is 16.2. The van der Waals surface area contributed by atoms with Gasteiger partial charge in [-0.15, -0.1) is 0 Å². The summed E-state index contributed by atoms with van der Waals surface area (Å²) in [6.07, 6.45) is 9.56. The molecule has 27 heavy (non-hydrogen) atoms. The van der Waals surface area contributed by atoms with Gasteiger partial charge in [-0.25, -0.2) is 9.78 Å². The van der Waals surface area contributed by atoms with Crippen LogP contribution in [-0.4, -0.2) is 45.9 Å². The largest absolute Gasteiger partial charge is 0.348 e. The Kier molecular flexibility index (Phi) is 5.00.